The Morgan fingerprint density at radius 1 is 1.57 bits per heavy atom. The number of H-pyrrole nitrogens is 1. The lowest BCUT2D eigenvalue weighted by atomic mass is 10.4. The quantitative estimate of drug-likeness (QED) is 0.851. The Bertz CT molecular complexity index is 481. The van der Waals surface area contributed by atoms with Gasteiger partial charge in [-0.05, 0) is 12.1 Å². The highest BCUT2D eigenvalue weighted by molar-refractivity contribution is 7.19. The molecule has 0 amide bonds. The van der Waals surface area contributed by atoms with Gasteiger partial charge < -0.3 is 0 Å². The summed E-state index contributed by atoms with van der Waals surface area (Å²) in [4.78, 5) is 5.04. The maximum absolute atomic E-state index is 8.45. The number of thiophene rings is 1. The first-order chi connectivity index (χ1) is 6.79. The maximum Gasteiger partial charge on any atom is 0.191 e. The number of nitriles is 1. The average molecular weight is 225 g/mol. The molecular weight excluding hydrogens is 220 g/mol. The Hall–Kier alpha value is -1.38. The van der Waals surface area contributed by atoms with Gasteiger partial charge in [0.2, 0.25) is 0 Å². The first-order valence-electron chi connectivity index (χ1n) is 3.83. The zero-order valence-corrected chi connectivity index (χ0v) is 8.56. The predicted molar refractivity (Wildman–Crippen MR) is 54.0 cm³/mol. The van der Waals surface area contributed by atoms with Gasteiger partial charge in [-0.15, -0.1) is 11.3 Å². The molecule has 0 spiro atoms. The van der Waals surface area contributed by atoms with Crippen LogP contribution in [0.1, 0.15) is 5.82 Å². The fourth-order valence-electron chi connectivity index (χ4n) is 0.994. The summed E-state index contributed by atoms with van der Waals surface area (Å²) in [6, 6.07) is 5.64. The van der Waals surface area contributed by atoms with E-state index in [0.29, 0.717) is 16.0 Å². The fourth-order valence-corrected chi connectivity index (χ4v) is 1.97. The average Bonchev–Trinajstić information content (AvgIpc) is 2.74. The highest BCUT2D eigenvalue weighted by atomic mass is 35.5. The zero-order valence-electron chi connectivity index (χ0n) is 6.99. The normalized spacial score (nSPS) is 10.0. The van der Waals surface area contributed by atoms with Gasteiger partial charge in [0.05, 0.1) is 21.7 Å². The number of halogens is 1. The number of aromatic nitrogens is 3. The summed E-state index contributed by atoms with van der Waals surface area (Å²) < 4.78 is 0.701. The molecule has 6 heteroatoms. The summed E-state index contributed by atoms with van der Waals surface area (Å²) in [6.07, 6.45) is 0.242. The third-order valence-corrected chi connectivity index (χ3v) is 2.80. The van der Waals surface area contributed by atoms with E-state index in [4.69, 9.17) is 16.9 Å². The van der Waals surface area contributed by atoms with E-state index < -0.39 is 0 Å². The monoisotopic (exact) mass is 224 g/mol. The lowest BCUT2D eigenvalue weighted by Gasteiger charge is -1.83. The van der Waals surface area contributed by atoms with Crippen LogP contribution < -0.4 is 0 Å². The number of hydrogen-bond acceptors (Lipinski definition) is 4. The molecule has 0 saturated carbocycles. The van der Waals surface area contributed by atoms with Crippen molar-refractivity contribution in [2.45, 2.75) is 6.42 Å². The molecule has 0 radical (unpaired) electrons. The molecule has 0 fully saturated rings. The van der Waals surface area contributed by atoms with Gasteiger partial charge in [0.15, 0.2) is 5.82 Å². The maximum atomic E-state index is 8.45. The lowest BCUT2D eigenvalue weighted by molar-refractivity contribution is 0.996. The van der Waals surface area contributed by atoms with E-state index >= 15 is 0 Å². The molecule has 0 aliphatic carbocycles. The molecule has 0 unspecified atom stereocenters. The standard InChI is InChI=1S/C8H5ClN4S/c9-6-2-1-5(14-6)8-11-7(3-4-10)12-13-8/h1-2H,3H2,(H,11,12,13). The van der Waals surface area contributed by atoms with Crippen LogP contribution in [0.5, 0.6) is 0 Å². The predicted octanol–water partition coefficient (Wildman–Crippen LogP) is 2.25. The third-order valence-electron chi connectivity index (χ3n) is 1.57. The van der Waals surface area contributed by atoms with Crippen LogP contribution in [0.15, 0.2) is 12.1 Å². The van der Waals surface area contributed by atoms with Crippen molar-refractivity contribution < 1.29 is 0 Å². The number of nitrogens with one attached hydrogen (secondary N) is 1. The summed E-state index contributed by atoms with van der Waals surface area (Å²) in [6.45, 7) is 0. The van der Waals surface area contributed by atoms with Gasteiger partial charge >= 0.3 is 0 Å². The summed E-state index contributed by atoms with van der Waals surface area (Å²) in [7, 11) is 0. The molecule has 1 N–H and O–H groups in total. The summed E-state index contributed by atoms with van der Waals surface area (Å²) >= 11 is 7.19. The molecule has 0 saturated heterocycles. The molecule has 70 valence electrons. The van der Waals surface area contributed by atoms with Gasteiger partial charge in [-0.25, -0.2) is 4.98 Å². The largest absolute Gasteiger partial charge is 0.262 e. The van der Waals surface area contributed by atoms with Crippen molar-refractivity contribution in [2.75, 3.05) is 0 Å². The van der Waals surface area contributed by atoms with Crippen molar-refractivity contribution in [3.05, 3.63) is 22.3 Å². The van der Waals surface area contributed by atoms with Crippen molar-refractivity contribution in [1.82, 2.24) is 15.2 Å². The van der Waals surface area contributed by atoms with Crippen LogP contribution in [0.25, 0.3) is 10.7 Å². The molecule has 2 aromatic rings. The van der Waals surface area contributed by atoms with Gasteiger partial charge in [0.25, 0.3) is 0 Å². The van der Waals surface area contributed by atoms with Crippen LogP contribution in [0.4, 0.5) is 0 Å². The third kappa shape index (κ3) is 1.76. The van der Waals surface area contributed by atoms with Crippen LogP contribution >= 0.6 is 22.9 Å². The van der Waals surface area contributed by atoms with Gasteiger partial charge in [-0.1, -0.05) is 11.6 Å². The molecule has 0 aromatic carbocycles. The number of aromatic amines is 1. The van der Waals surface area contributed by atoms with Crippen LogP contribution in [0, 0.1) is 11.3 Å². The highest BCUT2D eigenvalue weighted by Crippen LogP contribution is 2.28. The number of rotatable bonds is 2. The molecule has 0 atom stereocenters. The van der Waals surface area contributed by atoms with Crippen LogP contribution in [0.2, 0.25) is 4.34 Å². The van der Waals surface area contributed by atoms with E-state index in [1.807, 2.05) is 12.1 Å². The number of hydrogen-bond donors (Lipinski definition) is 1. The molecule has 0 bridgehead atoms. The topological polar surface area (TPSA) is 65.4 Å². The highest BCUT2D eigenvalue weighted by Gasteiger charge is 2.07. The van der Waals surface area contributed by atoms with Crippen LogP contribution in [-0.2, 0) is 6.42 Å². The number of nitrogens with zero attached hydrogens (tertiary/aromatic N) is 3. The van der Waals surface area contributed by atoms with E-state index in [1.165, 1.54) is 11.3 Å². The molecule has 2 heterocycles. The molecule has 0 aliphatic heterocycles. The molecular formula is C8H5ClN4S. The molecule has 0 aliphatic rings. The van der Waals surface area contributed by atoms with E-state index in [1.54, 1.807) is 6.07 Å². The second-order valence-corrected chi connectivity index (χ2v) is 4.26. The van der Waals surface area contributed by atoms with Crippen LogP contribution in [0.3, 0.4) is 0 Å². The Kier molecular flexibility index (Phi) is 2.48. The Balaban J connectivity index is 2.30. The minimum absolute atomic E-state index is 0.242. The van der Waals surface area contributed by atoms with E-state index in [2.05, 4.69) is 15.2 Å². The van der Waals surface area contributed by atoms with Crippen LogP contribution in [-0.4, -0.2) is 15.2 Å². The summed E-state index contributed by atoms with van der Waals surface area (Å²) in [5, 5.41) is 15.1. The van der Waals surface area contributed by atoms with E-state index in [0.717, 1.165) is 4.88 Å². The first-order valence-corrected chi connectivity index (χ1v) is 5.03. The minimum Gasteiger partial charge on any atom is -0.262 e. The minimum atomic E-state index is 0.242. The van der Waals surface area contributed by atoms with Gasteiger partial charge in [0.1, 0.15) is 5.82 Å². The molecule has 14 heavy (non-hydrogen) atoms. The SMILES string of the molecule is N#CCc1nc(-c2ccc(Cl)s2)n[nH]1. The van der Waals surface area contributed by atoms with Gasteiger partial charge in [0, 0.05) is 0 Å². The van der Waals surface area contributed by atoms with Gasteiger partial charge in [-0.3, -0.25) is 5.10 Å². The summed E-state index contributed by atoms with van der Waals surface area (Å²) in [5.74, 6) is 1.17. The van der Waals surface area contributed by atoms with E-state index in [9.17, 15) is 0 Å². The second-order valence-electron chi connectivity index (χ2n) is 2.54. The Morgan fingerprint density at radius 2 is 2.43 bits per heavy atom. The van der Waals surface area contributed by atoms with Crippen molar-refractivity contribution in [3.8, 4) is 16.8 Å². The molecule has 2 aromatic heterocycles. The first kappa shape index (κ1) is 9.19. The van der Waals surface area contributed by atoms with Gasteiger partial charge in [-0.2, -0.15) is 10.4 Å². The fraction of sp³-hybridized carbons (Fsp3) is 0.125. The Labute approximate surface area is 89.2 Å². The molecule has 4 nitrogen and oxygen atoms in total. The van der Waals surface area contributed by atoms with E-state index in [-0.39, 0.29) is 6.42 Å². The van der Waals surface area contributed by atoms with Crippen molar-refractivity contribution in [2.24, 2.45) is 0 Å². The van der Waals surface area contributed by atoms with Crippen molar-refractivity contribution in [3.63, 3.8) is 0 Å². The molecule has 2 rings (SSSR count). The summed E-state index contributed by atoms with van der Waals surface area (Å²) in [5.41, 5.74) is 0. The lowest BCUT2D eigenvalue weighted by Crippen LogP contribution is -1.83. The zero-order chi connectivity index (χ0) is 9.97. The second kappa shape index (κ2) is 3.78. The Morgan fingerprint density at radius 3 is 3.07 bits per heavy atom. The van der Waals surface area contributed by atoms with Crippen molar-refractivity contribution in [1.29, 1.82) is 5.26 Å². The van der Waals surface area contributed by atoms with Crippen molar-refractivity contribution >= 4 is 22.9 Å². The smallest absolute Gasteiger partial charge is 0.191 e.